The Morgan fingerprint density at radius 2 is 0.821 bits per heavy atom. The summed E-state index contributed by atoms with van der Waals surface area (Å²) in [5, 5.41) is 0. The van der Waals surface area contributed by atoms with Crippen LogP contribution in [0.1, 0.15) is 232 Å². The molecule has 0 aromatic heterocycles. The number of rotatable bonds is 50. The molecule has 0 aromatic rings. The number of unbranched alkanes of at least 4 members (excludes halogenated alkanes) is 23. The molecule has 0 aliphatic rings. The molecule has 0 spiro atoms. The monoisotopic (exact) mass is 958 g/mol. The summed E-state index contributed by atoms with van der Waals surface area (Å²) in [4.78, 5) is 34.8. The summed E-state index contributed by atoms with van der Waals surface area (Å²) in [7, 11) is -4.37. The van der Waals surface area contributed by atoms with E-state index in [2.05, 4.69) is 98.9 Å². The molecule has 0 radical (unpaired) electrons. The number of ether oxygens (including phenoxy) is 2. The van der Waals surface area contributed by atoms with Crippen molar-refractivity contribution in [2.75, 3.05) is 26.4 Å². The quantitative estimate of drug-likeness (QED) is 0.0264. The van der Waals surface area contributed by atoms with Gasteiger partial charge in [0.2, 0.25) is 0 Å². The molecule has 3 N–H and O–H groups in total. The van der Waals surface area contributed by atoms with Crippen LogP contribution in [0.4, 0.5) is 0 Å². The lowest BCUT2D eigenvalue weighted by atomic mass is 10.0. The van der Waals surface area contributed by atoms with E-state index >= 15 is 0 Å². The van der Waals surface area contributed by atoms with Crippen molar-refractivity contribution in [3.8, 4) is 0 Å². The van der Waals surface area contributed by atoms with Crippen LogP contribution >= 0.6 is 7.82 Å². The van der Waals surface area contributed by atoms with Crippen molar-refractivity contribution in [1.82, 2.24) is 0 Å². The summed E-state index contributed by atoms with van der Waals surface area (Å²) in [5.74, 6) is -0.832. The molecule has 9 nitrogen and oxygen atoms in total. The van der Waals surface area contributed by atoms with Crippen LogP contribution in [0.5, 0.6) is 0 Å². The fraction of sp³-hybridized carbons (Fsp3) is 0.719. The Morgan fingerprint density at radius 3 is 1.22 bits per heavy atom. The minimum absolute atomic E-state index is 0.0528. The van der Waals surface area contributed by atoms with Crippen LogP contribution in [0.3, 0.4) is 0 Å². The molecule has 67 heavy (non-hydrogen) atoms. The van der Waals surface area contributed by atoms with Gasteiger partial charge in [0.25, 0.3) is 0 Å². The molecule has 0 heterocycles. The van der Waals surface area contributed by atoms with Crippen LogP contribution in [0, 0.1) is 0 Å². The molecule has 0 saturated carbocycles. The number of hydrogen-bond donors (Lipinski definition) is 2. The van der Waals surface area contributed by atoms with Gasteiger partial charge in [-0.1, -0.05) is 234 Å². The molecule has 0 aliphatic carbocycles. The number of allylic oxidation sites excluding steroid dienone is 14. The van der Waals surface area contributed by atoms with Crippen molar-refractivity contribution in [1.29, 1.82) is 0 Å². The molecular formula is C57H100NO8P. The van der Waals surface area contributed by atoms with E-state index in [1.54, 1.807) is 0 Å². The Kier molecular flexibility index (Phi) is 50.4. The van der Waals surface area contributed by atoms with Crippen molar-refractivity contribution < 1.29 is 37.6 Å². The van der Waals surface area contributed by atoms with Crippen LogP contribution in [0.2, 0.25) is 0 Å². The fourth-order valence-corrected chi connectivity index (χ4v) is 8.09. The van der Waals surface area contributed by atoms with Gasteiger partial charge in [-0.05, 0) is 70.6 Å². The van der Waals surface area contributed by atoms with Crippen LogP contribution in [0.15, 0.2) is 85.1 Å². The SMILES string of the molecule is CC/C=C\C/C=C\C/C=C\C/C=C\C/C=C\C/C=C\C/C=C\CCCCCCCCCCCCCCCCCCCC(=O)OC(COC(=O)CCCCCCCCC)COP(=O)(O)OCCN. The largest absolute Gasteiger partial charge is 0.472 e. The smallest absolute Gasteiger partial charge is 0.462 e. The first-order valence-electron chi connectivity index (χ1n) is 27.1. The lowest BCUT2D eigenvalue weighted by molar-refractivity contribution is -0.161. The highest BCUT2D eigenvalue weighted by molar-refractivity contribution is 7.47. The number of phosphoric acid groups is 1. The first-order valence-corrected chi connectivity index (χ1v) is 28.6. The second kappa shape index (κ2) is 52.6. The molecule has 0 fully saturated rings. The zero-order chi connectivity index (χ0) is 48.8. The lowest BCUT2D eigenvalue weighted by Gasteiger charge is -2.19. The summed E-state index contributed by atoms with van der Waals surface area (Å²) in [6.07, 6.45) is 68.3. The zero-order valence-electron chi connectivity index (χ0n) is 42.9. The summed E-state index contributed by atoms with van der Waals surface area (Å²) in [6, 6.07) is 0. The molecular weight excluding hydrogens is 858 g/mol. The number of hydrogen-bond acceptors (Lipinski definition) is 8. The lowest BCUT2D eigenvalue weighted by Crippen LogP contribution is -2.29. The molecule has 0 saturated heterocycles. The highest BCUT2D eigenvalue weighted by Crippen LogP contribution is 2.43. The van der Waals surface area contributed by atoms with Gasteiger partial charge in [-0.2, -0.15) is 0 Å². The van der Waals surface area contributed by atoms with Crippen LogP contribution in [-0.2, 0) is 32.7 Å². The van der Waals surface area contributed by atoms with E-state index in [0.29, 0.717) is 6.42 Å². The maximum atomic E-state index is 12.6. The Morgan fingerprint density at radius 1 is 0.463 bits per heavy atom. The van der Waals surface area contributed by atoms with E-state index in [1.165, 1.54) is 116 Å². The van der Waals surface area contributed by atoms with Crippen molar-refractivity contribution in [3.05, 3.63) is 85.1 Å². The Balaban J connectivity index is 3.77. The van der Waals surface area contributed by atoms with Gasteiger partial charge in [0.15, 0.2) is 6.10 Å². The highest BCUT2D eigenvalue weighted by atomic mass is 31.2. The Hall–Kier alpha value is -2.81. The van der Waals surface area contributed by atoms with E-state index in [-0.39, 0.29) is 38.6 Å². The van der Waals surface area contributed by atoms with Gasteiger partial charge in [-0.3, -0.25) is 18.6 Å². The third-order valence-electron chi connectivity index (χ3n) is 11.3. The Bertz CT molecular complexity index is 1370. The molecule has 10 heteroatoms. The van der Waals surface area contributed by atoms with Gasteiger partial charge in [0, 0.05) is 19.4 Å². The first-order chi connectivity index (χ1) is 32.8. The maximum absolute atomic E-state index is 12.6. The van der Waals surface area contributed by atoms with Gasteiger partial charge in [-0.15, -0.1) is 0 Å². The van der Waals surface area contributed by atoms with Gasteiger partial charge in [0.1, 0.15) is 6.61 Å². The average molecular weight is 958 g/mol. The van der Waals surface area contributed by atoms with Crippen LogP contribution < -0.4 is 5.73 Å². The molecule has 386 valence electrons. The first kappa shape index (κ1) is 64.2. The van der Waals surface area contributed by atoms with Crippen molar-refractivity contribution in [2.45, 2.75) is 238 Å². The van der Waals surface area contributed by atoms with Crippen molar-refractivity contribution >= 4 is 19.8 Å². The van der Waals surface area contributed by atoms with Gasteiger partial charge >= 0.3 is 19.8 Å². The van der Waals surface area contributed by atoms with E-state index in [1.807, 2.05) is 0 Å². The second-order valence-corrected chi connectivity index (χ2v) is 19.2. The number of nitrogens with two attached hydrogens (primary N) is 1. The van der Waals surface area contributed by atoms with Gasteiger partial charge < -0.3 is 20.1 Å². The van der Waals surface area contributed by atoms with E-state index in [0.717, 1.165) is 83.5 Å². The van der Waals surface area contributed by atoms with Crippen molar-refractivity contribution in [3.63, 3.8) is 0 Å². The molecule has 0 amide bonds. The molecule has 0 rings (SSSR count). The predicted molar refractivity (Wildman–Crippen MR) is 284 cm³/mol. The van der Waals surface area contributed by atoms with E-state index < -0.39 is 26.5 Å². The average Bonchev–Trinajstić information content (AvgIpc) is 3.32. The van der Waals surface area contributed by atoms with Crippen LogP contribution in [0.25, 0.3) is 0 Å². The predicted octanol–water partition coefficient (Wildman–Crippen LogP) is 16.7. The fourth-order valence-electron chi connectivity index (χ4n) is 7.32. The van der Waals surface area contributed by atoms with Gasteiger partial charge in [-0.25, -0.2) is 4.57 Å². The second-order valence-electron chi connectivity index (χ2n) is 17.7. The number of esters is 2. The van der Waals surface area contributed by atoms with E-state index in [9.17, 15) is 19.0 Å². The third kappa shape index (κ3) is 52.4. The third-order valence-corrected chi connectivity index (χ3v) is 12.3. The molecule has 2 unspecified atom stereocenters. The highest BCUT2D eigenvalue weighted by Gasteiger charge is 2.26. The molecule has 0 aliphatic heterocycles. The summed E-state index contributed by atoms with van der Waals surface area (Å²) in [5.41, 5.74) is 5.35. The number of carbonyl (C=O) groups is 2. The number of carbonyl (C=O) groups excluding carboxylic acids is 2. The summed E-state index contributed by atoms with van der Waals surface area (Å²) in [6.45, 7) is 3.57. The summed E-state index contributed by atoms with van der Waals surface area (Å²) < 4.78 is 32.7. The standard InChI is InChI=1S/C57H100NO8P/c1-3-5-7-9-11-12-13-14-15-16-17-18-19-20-21-22-23-24-25-26-27-28-29-30-31-32-33-34-35-36-37-38-39-40-41-42-44-46-48-50-57(60)66-55(54-65-67(61,62)64-52-51-58)53-63-56(59)49-47-45-43-10-8-6-4-2/h5,7,11-12,14-15,17-18,20-21,23-24,26-27,55H,3-4,6,8-10,13,16,19,22,25,28-54,58H2,1-2H3,(H,61,62)/b7-5-,12-11-,15-14-,18-17-,21-20-,24-23-,27-26-. The van der Waals surface area contributed by atoms with Crippen molar-refractivity contribution in [2.24, 2.45) is 5.73 Å². The van der Waals surface area contributed by atoms with Gasteiger partial charge in [0.05, 0.1) is 13.2 Å². The summed E-state index contributed by atoms with van der Waals surface area (Å²) >= 11 is 0. The number of phosphoric ester groups is 1. The zero-order valence-corrected chi connectivity index (χ0v) is 43.8. The minimum Gasteiger partial charge on any atom is -0.462 e. The van der Waals surface area contributed by atoms with E-state index in [4.69, 9.17) is 24.3 Å². The van der Waals surface area contributed by atoms with Crippen LogP contribution in [-0.4, -0.2) is 49.3 Å². The molecule has 0 bridgehead atoms. The molecule has 0 aromatic carbocycles. The minimum atomic E-state index is -4.37. The maximum Gasteiger partial charge on any atom is 0.472 e. The Labute approximate surface area is 411 Å². The molecule has 2 atom stereocenters. The topological polar surface area (TPSA) is 134 Å². The normalized spacial score (nSPS) is 13.8.